The number of carboxylic acids is 1. The molecular weight excluding hydrogens is 264 g/mol. The van der Waals surface area contributed by atoms with Crippen molar-refractivity contribution in [2.75, 3.05) is 13.1 Å². The first-order valence-corrected chi connectivity index (χ1v) is 6.53. The smallest absolute Gasteiger partial charge is 0.305 e. The highest BCUT2D eigenvalue weighted by Crippen LogP contribution is 2.15. The summed E-state index contributed by atoms with van der Waals surface area (Å²) in [6.45, 7) is 5.24. The lowest BCUT2D eigenvalue weighted by atomic mass is 10.1. The first kappa shape index (κ1) is 14.4. The average Bonchev–Trinajstić information content (AvgIpc) is 2.82. The topological polar surface area (TPSA) is 109 Å². The van der Waals surface area contributed by atoms with Crippen molar-refractivity contribution < 1.29 is 19.2 Å². The molecule has 1 unspecified atom stereocenters. The highest BCUT2D eigenvalue weighted by molar-refractivity contribution is 5.86. The van der Waals surface area contributed by atoms with Crippen LogP contribution < -0.4 is 5.32 Å². The van der Waals surface area contributed by atoms with Gasteiger partial charge in [-0.1, -0.05) is 19.0 Å². The predicted molar refractivity (Wildman–Crippen MR) is 67.8 cm³/mol. The summed E-state index contributed by atoms with van der Waals surface area (Å²) in [6, 6.07) is -0.698. The van der Waals surface area contributed by atoms with Gasteiger partial charge in [-0.05, 0) is 0 Å². The molecule has 1 aliphatic rings. The number of hydrogen-bond acceptors (Lipinski definition) is 6. The van der Waals surface area contributed by atoms with Crippen molar-refractivity contribution in [1.29, 1.82) is 0 Å². The predicted octanol–water partition coefficient (Wildman–Crippen LogP) is -0.0319. The minimum atomic E-state index is -1.01. The number of carboxylic acid groups (broad SMARTS) is 1. The Morgan fingerprint density at radius 1 is 1.60 bits per heavy atom. The van der Waals surface area contributed by atoms with Gasteiger partial charge >= 0.3 is 5.97 Å². The third-order valence-electron chi connectivity index (χ3n) is 3.15. The zero-order valence-corrected chi connectivity index (χ0v) is 11.5. The molecule has 2 rings (SSSR count). The number of amides is 1. The molecule has 0 radical (unpaired) electrons. The van der Waals surface area contributed by atoms with E-state index in [0.29, 0.717) is 24.8 Å². The van der Waals surface area contributed by atoms with E-state index in [9.17, 15) is 9.59 Å². The summed E-state index contributed by atoms with van der Waals surface area (Å²) in [6.07, 6.45) is -0.239. The van der Waals surface area contributed by atoms with Crippen LogP contribution in [0.4, 0.5) is 0 Å². The van der Waals surface area contributed by atoms with E-state index in [1.807, 2.05) is 13.8 Å². The van der Waals surface area contributed by atoms with E-state index in [2.05, 4.69) is 15.5 Å². The molecule has 8 heteroatoms. The molecule has 0 bridgehead atoms. The van der Waals surface area contributed by atoms with E-state index in [1.54, 1.807) is 4.90 Å². The van der Waals surface area contributed by atoms with Crippen LogP contribution >= 0.6 is 0 Å². The molecule has 0 aromatic carbocycles. The van der Waals surface area contributed by atoms with Gasteiger partial charge < -0.3 is 14.9 Å². The second-order valence-corrected chi connectivity index (χ2v) is 5.08. The van der Waals surface area contributed by atoms with Crippen LogP contribution in [0, 0.1) is 0 Å². The summed E-state index contributed by atoms with van der Waals surface area (Å²) in [5, 5.41) is 15.4. The lowest BCUT2D eigenvalue weighted by molar-refractivity contribution is -0.143. The Morgan fingerprint density at radius 2 is 2.35 bits per heavy atom. The van der Waals surface area contributed by atoms with Crippen molar-refractivity contribution in [1.82, 2.24) is 20.4 Å². The van der Waals surface area contributed by atoms with E-state index in [0.717, 1.165) is 0 Å². The third-order valence-corrected chi connectivity index (χ3v) is 3.15. The maximum absolute atomic E-state index is 11.8. The number of aliphatic carboxylic acids is 1. The van der Waals surface area contributed by atoms with Crippen molar-refractivity contribution in [2.45, 2.75) is 38.8 Å². The number of aromatic nitrogens is 2. The van der Waals surface area contributed by atoms with E-state index in [4.69, 9.17) is 9.63 Å². The average molecular weight is 282 g/mol. The van der Waals surface area contributed by atoms with Gasteiger partial charge in [-0.2, -0.15) is 4.98 Å². The molecule has 8 nitrogen and oxygen atoms in total. The molecule has 2 N–H and O–H groups in total. The second-order valence-electron chi connectivity index (χ2n) is 5.08. The molecule has 0 spiro atoms. The summed E-state index contributed by atoms with van der Waals surface area (Å²) in [5.74, 6) is -0.116. The zero-order valence-electron chi connectivity index (χ0n) is 11.5. The van der Waals surface area contributed by atoms with Crippen LogP contribution in [0.1, 0.15) is 37.9 Å². The number of carbonyl (C=O) groups is 2. The van der Waals surface area contributed by atoms with Crippen molar-refractivity contribution in [3.05, 3.63) is 11.7 Å². The van der Waals surface area contributed by atoms with E-state index in [-0.39, 0.29) is 24.8 Å². The van der Waals surface area contributed by atoms with E-state index < -0.39 is 12.0 Å². The Labute approximate surface area is 116 Å². The second kappa shape index (κ2) is 6.00. The molecule has 2 heterocycles. The highest BCUT2D eigenvalue weighted by atomic mass is 16.5. The quantitative estimate of drug-likeness (QED) is 0.780. The summed E-state index contributed by atoms with van der Waals surface area (Å²) in [7, 11) is 0. The lowest BCUT2D eigenvalue weighted by Gasteiger charge is -2.32. The van der Waals surface area contributed by atoms with Crippen LogP contribution in [0.15, 0.2) is 4.52 Å². The summed E-state index contributed by atoms with van der Waals surface area (Å²) >= 11 is 0. The number of hydrogen-bond donors (Lipinski definition) is 2. The van der Waals surface area contributed by atoms with Crippen LogP contribution in [-0.4, -0.2) is 51.2 Å². The lowest BCUT2D eigenvalue weighted by Crippen LogP contribution is -2.55. The zero-order chi connectivity index (χ0) is 14.7. The van der Waals surface area contributed by atoms with Crippen LogP contribution in [-0.2, 0) is 16.1 Å². The Hall–Kier alpha value is -1.96. The number of rotatable bonds is 5. The molecule has 1 saturated heterocycles. The van der Waals surface area contributed by atoms with Gasteiger partial charge in [0.2, 0.25) is 11.8 Å². The third kappa shape index (κ3) is 3.32. The van der Waals surface area contributed by atoms with Gasteiger partial charge in [0.1, 0.15) is 6.04 Å². The molecule has 20 heavy (non-hydrogen) atoms. The normalized spacial score (nSPS) is 20.1. The van der Waals surface area contributed by atoms with Crippen molar-refractivity contribution in [3.63, 3.8) is 0 Å². The van der Waals surface area contributed by atoms with Crippen LogP contribution in [0.2, 0.25) is 0 Å². The summed E-state index contributed by atoms with van der Waals surface area (Å²) in [4.78, 5) is 28.6. The Kier molecular flexibility index (Phi) is 4.33. The van der Waals surface area contributed by atoms with Gasteiger partial charge in [0.15, 0.2) is 5.82 Å². The van der Waals surface area contributed by atoms with E-state index >= 15 is 0 Å². The SMILES string of the molecule is CC(C)c1noc(CN2CCNC(=O)C2CC(=O)O)n1. The van der Waals surface area contributed by atoms with Crippen LogP contribution in [0.25, 0.3) is 0 Å². The molecule has 1 fully saturated rings. The Bertz CT molecular complexity index is 499. The Balaban J connectivity index is 2.07. The molecule has 1 amide bonds. The maximum Gasteiger partial charge on any atom is 0.305 e. The number of piperazine rings is 1. The number of carbonyl (C=O) groups excluding carboxylic acids is 1. The van der Waals surface area contributed by atoms with Gasteiger partial charge in [0, 0.05) is 19.0 Å². The first-order valence-electron chi connectivity index (χ1n) is 6.53. The fourth-order valence-corrected chi connectivity index (χ4v) is 2.08. The first-order chi connectivity index (χ1) is 9.47. The van der Waals surface area contributed by atoms with Crippen molar-refractivity contribution in [3.8, 4) is 0 Å². The molecule has 1 aromatic rings. The molecule has 1 aliphatic heterocycles. The number of nitrogens with zero attached hydrogens (tertiary/aromatic N) is 3. The van der Waals surface area contributed by atoms with Gasteiger partial charge in [-0.25, -0.2) is 0 Å². The largest absolute Gasteiger partial charge is 0.481 e. The van der Waals surface area contributed by atoms with Gasteiger partial charge in [-0.3, -0.25) is 14.5 Å². The standard InChI is InChI=1S/C12H18N4O4/c1-7(2)11-14-9(20-15-11)6-16-4-3-13-12(19)8(16)5-10(17)18/h7-8H,3-6H2,1-2H3,(H,13,19)(H,17,18). The van der Waals surface area contributed by atoms with Crippen molar-refractivity contribution in [2.24, 2.45) is 0 Å². The molecule has 1 atom stereocenters. The highest BCUT2D eigenvalue weighted by Gasteiger charge is 2.32. The monoisotopic (exact) mass is 282 g/mol. The Morgan fingerprint density at radius 3 is 2.95 bits per heavy atom. The molecule has 0 aliphatic carbocycles. The summed E-state index contributed by atoms with van der Waals surface area (Å²) in [5.41, 5.74) is 0. The fourth-order valence-electron chi connectivity index (χ4n) is 2.08. The van der Waals surface area contributed by atoms with Crippen LogP contribution in [0.3, 0.4) is 0 Å². The summed E-state index contributed by atoms with van der Waals surface area (Å²) < 4.78 is 5.14. The fraction of sp³-hybridized carbons (Fsp3) is 0.667. The molecule has 0 saturated carbocycles. The van der Waals surface area contributed by atoms with Gasteiger partial charge in [0.25, 0.3) is 0 Å². The molecular formula is C12H18N4O4. The van der Waals surface area contributed by atoms with Gasteiger partial charge in [-0.15, -0.1) is 0 Å². The maximum atomic E-state index is 11.8. The molecule has 1 aromatic heterocycles. The number of nitrogens with one attached hydrogen (secondary N) is 1. The van der Waals surface area contributed by atoms with E-state index in [1.165, 1.54) is 0 Å². The van der Waals surface area contributed by atoms with Crippen molar-refractivity contribution >= 4 is 11.9 Å². The minimum Gasteiger partial charge on any atom is -0.481 e. The van der Waals surface area contributed by atoms with Crippen LogP contribution in [0.5, 0.6) is 0 Å². The molecule has 110 valence electrons. The van der Waals surface area contributed by atoms with Gasteiger partial charge in [0.05, 0.1) is 13.0 Å². The minimum absolute atomic E-state index is 0.159.